The van der Waals surface area contributed by atoms with Crippen LogP contribution in [0.1, 0.15) is 18.6 Å². The van der Waals surface area contributed by atoms with E-state index in [1.54, 1.807) is 18.2 Å². The number of aliphatic hydroxyl groups is 1. The summed E-state index contributed by atoms with van der Waals surface area (Å²) in [7, 11) is 0. The van der Waals surface area contributed by atoms with Gasteiger partial charge in [0.05, 0.1) is 11.0 Å². The lowest BCUT2D eigenvalue weighted by Gasteiger charge is -2.14. The molecule has 0 saturated heterocycles. The maximum absolute atomic E-state index is 10.4. The predicted octanol–water partition coefficient (Wildman–Crippen LogP) is 2.45. The molecule has 0 heterocycles. The lowest BCUT2D eigenvalue weighted by atomic mass is 9.97. The lowest BCUT2D eigenvalue weighted by Crippen LogP contribution is -2.06. The minimum absolute atomic E-state index is 0.0252. The summed E-state index contributed by atoms with van der Waals surface area (Å²) in [4.78, 5) is 9.93. The fourth-order valence-corrected chi connectivity index (χ4v) is 1.23. The van der Waals surface area contributed by atoms with E-state index in [0.29, 0.717) is 5.56 Å². The fraction of sp³-hybridized carbons (Fsp3) is 0.273. The van der Waals surface area contributed by atoms with E-state index in [-0.39, 0.29) is 11.6 Å². The van der Waals surface area contributed by atoms with Gasteiger partial charge in [-0.3, -0.25) is 10.1 Å². The van der Waals surface area contributed by atoms with Gasteiger partial charge < -0.3 is 5.11 Å². The molecule has 0 aromatic heterocycles. The van der Waals surface area contributed by atoms with E-state index in [4.69, 9.17) is 0 Å². The van der Waals surface area contributed by atoms with E-state index in [1.807, 2.05) is 6.92 Å². The van der Waals surface area contributed by atoms with Gasteiger partial charge in [0.1, 0.15) is 0 Å². The van der Waals surface area contributed by atoms with E-state index in [0.717, 1.165) is 0 Å². The van der Waals surface area contributed by atoms with Crippen molar-refractivity contribution in [2.24, 2.45) is 5.92 Å². The standard InChI is InChI=1S/C11H13NO3/c1-3-8(2)11(13)9-4-6-10(7-5-9)12(14)15/h3-8,11,13H,1H2,2H3. The highest BCUT2D eigenvalue weighted by atomic mass is 16.6. The molecule has 0 fully saturated rings. The molecule has 0 amide bonds. The Morgan fingerprint density at radius 1 is 1.47 bits per heavy atom. The van der Waals surface area contributed by atoms with Crippen LogP contribution in [-0.4, -0.2) is 10.0 Å². The van der Waals surface area contributed by atoms with Gasteiger partial charge in [0.2, 0.25) is 0 Å². The van der Waals surface area contributed by atoms with Crippen molar-refractivity contribution in [2.45, 2.75) is 13.0 Å². The zero-order valence-electron chi connectivity index (χ0n) is 8.46. The van der Waals surface area contributed by atoms with Gasteiger partial charge >= 0.3 is 0 Å². The molecule has 0 spiro atoms. The van der Waals surface area contributed by atoms with Gasteiger partial charge in [-0.05, 0) is 17.7 Å². The van der Waals surface area contributed by atoms with Crippen LogP contribution in [0.3, 0.4) is 0 Å². The number of nitrogens with zero attached hydrogens (tertiary/aromatic N) is 1. The molecule has 80 valence electrons. The Hall–Kier alpha value is -1.68. The number of nitro benzene ring substituents is 1. The molecule has 2 atom stereocenters. The maximum atomic E-state index is 10.4. The largest absolute Gasteiger partial charge is 0.388 e. The zero-order chi connectivity index (χ0) is 11.4. The van der Waals surface area contributed by atoms with Gasteiger partial charge in [-0.15, -0.1) is 6.58 Å². The minimum atomic E-state index is -0.664. The minimum Gasteiger partial charge on any atom is -0.388 e. The average Bonchev–Trinajstić information content (AvgIpc) is 2.27. The number of rotatable bonds is 4. The quantitative estimate of drug-likeness (QED) is 0.468. The summed E-state index contributed by atoms with van der Waals surface area (Å²) in [5.41, 5.74) is 0.685. The molecule has 1 aromatic carbocycles. The first kappa shape index (κ1) is 11.4. The van der Waals surface area contributed by atoms with Crippen molar-refractivity contribution in [3.8, 4) is 0 Å². The van der Waals surface area contributed by atoms with Gasteiger partial charge in [-0.2, -0.15) is 0 Å². The fourth-order valence-electron chi connectivity index (χ4n) is 1.23. The average molecular weight is 207 g/mol. The summed E-state index contributed by atoms with van der Waals surface area (Å²) < 4.78 is 0. The third-order valence-corrected chi connectivity index (χ3v) is 2.32. The van der Waals surface area contributed by atoms with E-state index in [9.17, 15) is 15.2 Å². The van der Waals surface area contributed by atoms with Gasteiger partial charge in [0.15, 0.2) is 0 Å². The Balaban J connectivity index is 2.88. The number of benzene rings is 1. The molecule has 0 radical (unpaired) electrons. The molecule has 0 aliphatic heterocycles. The van der Waals surface area contributed by atoms with E-state index >= 15 is 0 Å². The summed E-state index contributed by atoms with van der Waals surface area (Å²) >= 11 is 0. The summed E-state index contributed by atoms with van der Waals surface area (Å²) in [5.74, 6) is -0.0774. The molecule has 0 bridgehead atoms. The summed E-state index contributed by atoms with van der Waals surface area (Å²) in [6.07, 6.45) is 0.981. The highest BCUT2D eigenvalue weighted by Crippen LogP contribution is 2.24. The molecule has 1 rings (SSSR count). The van der Waals surface area contributed by atoms with Crippen LogP contribution in [0.15, 0.2) is 36.9 Å². The van der Waals surface area contributed by atoms with Crippen LogP contribution in [0, 0.1) is 16.0 Å². The second kappa shape index (κ2) is 4.70. The van der Waals surface area contributed by atoms with Gasteiger partial charge in [-0.1, -0.05) is 13.0 Å². The molecule has 4 nitrogen and oxygen atoms in total. The van der Waals surface area contributed by atoms with E-state index < -0.39 is 11.0 Å². The Bertz CT molecular complexity index is 359. The van der Waals surface area contributed by atoms with Gasteiger partial charge in [-0.25, -0.2) is 0 Å². The van der Waals surface area contributed by atoms with Gasteiger partial charge in [0.25, 0.3) is 5.69 Å². The van der Waals surface area contributed by atoms with Crippen molar-refractivity contribution >= 4 is 5.69 Å². The number of aliphatic hydroxyl groups excluding tert-OH is 1. The Morgan fingerprint density at radius 3 is 2.40 bits per heavy atom. The molecule has 0 aliphatic rings. The van der Waals surface area contributed by atoms with Crippen molar-refractivity contribution < 1.29 is 10.0 Å². The molecule has 15 heavy (non-hydrogen) atoms. The van der Waals surface area contributed by atoms with Crippen molar-refractivity contribution in [3.63, 3.8) is 0 Å². The highest BCUT2D eigenvalue weighted by Gasteiger charge is 2.14. The number of hydrogen-bond acceptors (Lipinski definition) is 3. The van der Waals surface area contributed by atoms with Crippen molar-refractivity contribution in [1.82, 2.24) is 0 Å². The van der Waals surface area contributed by atoms with Crippen LogP contribution < -0.4 is 0 Å². The predicted molar refractivity (Wildman–Crippen MR) is 57.4 cm³/mol. The maximum Gasteiger partial charge on any atom is 0.269 e. The Kier molecular flexibility index (Phi) is 3.57. The normalized spacial score (nSPS) is 14.3. The summed E-state index contributed by atoms with van der Waals surface area (Å²) in [6, 6.07) is 5.88. The van der Waals surface area contributed by atoms with Crippen molar-refractivity contribution in [1.29, 1.82) is 0 Å². The monoisotopic (exact) mass is 207 g/mol. The SMILES string of the molecule is C=CC(C)C(O)c1ccc([N+](=O)[O-])cc1. The molecular formula is C11H13NO3. The van der Waals surface area contributed by atoms with Crippen LogP contribution in [-0.2, 0) is 0 Å². The molecule has 1 N–H and O–H groups in total. The van der Waals surface area contributed by atoms with E-state index in [2.05, 4.69) is 6.58 Å². The van der Waals surface area contributed by atoms with E-state index in [1.165, 1.54) is 12.1 Å². The third kappa shape index (κ3) is 2.63. The molecule has 4 heteroatoms. The number of nitro groups is 1. The highest BCUT2D eigenvalue weighted by molar-refractivity contribution is 5.34. The Morgan fingerprint density at radius 2 is 2.00 bits per heavy atom. The lowest BCUT2D eigenvalue weighted by molar-refractivity contribution is -0.384. The van der Waals surface area contributed by atoms with Crippen molar-refractivity contribution in [2.75, 3.05) is 0 Å². The number of non-ortho nitro benzene ring substituents is 1. The topological polar surface area (TPSA) is 63.4 Å². The molecule has 0 aliphatic carbocycles. The third-order valence-electron chi connectivity index (χ3n) is 2.32. The first-order chi connectivity index (χ1) is 7.06. The summed E-state index contributed by atoms with van der Waals surface area (Å²) in [5, 5.41) is 20.2. The number of hydrogen-bond donors (Lipinski definition) is 1. The Labute approximate surface area is 88.0 Å². The summed E-state index contributed by atoms with van der Waals surface area (Å²) in [6.45, 7) is 5.42. The van der Waals surface area contributed by atoms with Crippen LogP contribution in [0.2, 0.25) is 0 Å². The second-order valence-electron chi connectivity index (χ2n) is 3.39. The van der Waals surface area contributed by atoms with Crippen molar-refractivity contribution in [3.05, 3.63) is 52.6 Å². The zero-order valence-corrected chi connectivity index (χ0v) is 8.46. The molecular weight excluding hydrogens is 194 g/mol. The smallest absolute Gasteiger partial charge is 0.269 e. The second-order valence-corrected chi connectivity index (χ2v) is 3.39. The van der Waals surface area contributed by atoms with Crippen LogP contribution in [0.4, 0.5) is 5.69 Å². The van der Waals surface area contributed by atoms with Gasteiger partial charge in [0, 0.05) is 18.1 Å². The molecule has 2 unspecified atom stereocenters. The van der Waals surface area contributed by atoms with Crippen LogP contribution in [0.5, 0.6) is 0 Å². The molecule has 0 saturated carbocycles. The molecule has 1 aromatic rings. The first-order valence-electron chi connectivity index (χ1n) is 4.61. The van der Waals surface area contributed by atoms with Crippen LogP contribution in [0.25, 0.3) is 0 Å². The first-order valence-corrected chi connectivity index (χ1v) is 4.61. The van der Waals surface area contributed by atoms with Crippen LogP contribution >= 0.6 is 0 Å².